The van der Waals surface area contributed by atoms with E-state index in [2.05, 4.69) is 0 Å². The van der Waals surface area contributed by atoms with Crippen molar-refractivity contribution < 1.29 is 14.6 Å². The number of ether oxygens (including phenoxy) is 2. The van der Waals surface area contributed by atoms with Crippen molar-refractivity contribution in [2.75, 3.05) is 7.11 Å². The Morgan fingerprint density at radius 3 is 2.62 bits per heavy atom. The molecule has 0 aromatic heterocycles. The lowest BCUT2D eigenvalue weighted by Gasteiger charge is -2.12. The number of nitrogens with one attached hydrogen (secondary N) is 1. The summed E-state index contributed by atoms with van der Waals surface area (Å²) in [5.74, 6) is 1.15. The van der Waals surface area contributed by atoms with Gasteiger partial charge < -0.3 is 20.3 Å². The summed E-state index contributed by atoms with van der Waals surface area (Å²) in [6, 6.07) is 12.7. The molecule has 0 spiro atoms. The van der Waals surface area contributed by atoms with Gasteiger partial charge in [0.2, 0.25) is 0 Å². The third-order valence-electron chi connectivity index (χ3n) is 3.09. The topological polar surface area (TPSA) is 88.6 Å². The number of nitrogens with two attached hydrogens (primary N) is 1. The highest BCUT2D eigenvalue weighted by molar-refractivity contribution is 5.97. The van der Waals surface area contributed by atoms with E-state index in [-0.39, 0.29) is 12.4 Å². The van der Waals surface area contributed by atoms with Crippen LogP contribution >= 0.6 is 0 Å². The fourth-order valence-electron chi connectivity index (χ4n) is 1.98. The number of nitrogen functional groups attached to an aromatic ring is 1. The maximum absolute atomic E-state index is 9.26. The standard InChI is InChI=1S/C16H18N2O3/c1-20-15-8-11(6-7-13(15)16(17)18)10-21-14-5-3-2-4-12(14)9-19/h2-8,19H,9-10H2,1H3,(H3,17,18). The maximum atomic E-state index is 9.26. The van der Waals surface area contributed by atoms with Crippen LogP contribution in [0.25, 0.3) is 0 Å². The van der Waals surface area contributed by atoms with Crippen molar-refractivity contribution in [3.63, 3.8) is 0 Å². The summed E-state index contributed by atoms with van der Waals surface area (Å²) in [5.41, 5.74) is 7.67. The number of aliphatic hydroxyl groups excluding tert-OH is 1. The predicted molar refractivity (Wildman–Crippen MR) is 80.7 cm³/mol. The molecule has 5 nitrogen and oxygen atoms in total. The van der Waals surface area contributed by atoms with E-state index >= 15 is 0 Å². The molecule has 110 valence electrons. The van der Waals surface area contributed by atoms with Crippen molar-refractivity contribution in [2.45, 2.75) is 13.2 Å². The molecule has 0 aliphatic carbocycles. The molecule has 0 aliphatic rings. The van der Waals surface area contributed by atoms with E-state index in [0.29, 0.717) is 23.7 Å². The Balaban J connectivity index is 2.15. The van der Waals surface area contributed by atoms with Crippen molar-refractivity contribution in [2.24, 2.45) is 5.73 Å². The van der Waals surface area contributed by atoms with Gasteiger partial charge in [-0.3, -0.25) is 5.41 Å². The first-order valence-corrected chi connectivity index (χ1v) is 6.48. The van der Waals surface area contributed by atoms with E-state index in [1.807, 2.05) is 30.3 Å². The third-order valence-corrected chi connectivity index (χ3v) is 3.09. The van der Waals surface area contributed by atoms with Gasteiger partial charge in [-0.15, -0.1) is 0 Å². The zero-order valence-electron chi connectivity index (χ0n) is 11.8. The summed E-state index contributed by atoms with van der Waals surface area (Å²) in [6.07, 6.45) is 0. The molecule has 0 unspecified atom stereocenters. The number of benzene rings is 2. The maximum Gasteiger partial charge on any atom is 0.130 e. The van der Waals surface area contributed by atoms with Gasteiger partial charge in [0, 0.05) is 5.56 Å². The number of hydrogen-bond acceptors (Lipinski definition) is 4. The molecule has 0 saturated carbocycles. The zero-order valence-corrected chi connectivity index (χ0v) is 11.8. The summed E-state index contributed by atoms with van der Waals surface area (Å²) in [7, 11) is 1.54. The second-order valence-corrected chi connectivity index (χ2v) is 4.50. The molecule has 2 aromatic carbocycles. The fourth-order valence-corrected chi connectivity index (χ4v) is 1.98. The number of aliphatic hydroxyl groups is 1. The second kappa shape index (κ2) is 6.76. The zero-order chi connectivity index (χ0) is 15.2. The first-order valence-electron chi connectivity index (χ1n) is 6.48. The molecular formula is C16H18N2O3. The SMILES string of the molecule is COc1cc(COc2ccccc2CO)ccc1C(=N)N. The van der Waals surface area contributed by atoms with E-state index in [0.717, 1.165) is 11.1 Å². The average Bonchev–Trinajstić information content (AvgIpc) is 2.52. The molecule has 0 saturated heterocycles. The van der Waals surface area contributed by atoms with Crippen molar-refractivity contribution in [1.82, 2.24) is 0 Å². The van der Waals surface area contributed by atoms with Gasteiger partial charge >= 0.3 is 0 Å². The molecule has 4 N–H and O–H groups in total. The quantitative estimate of drug-likeness (QED) is 0.560. The van der Waals surface area contributed by atoms with E-state index < -0.39 is 0 Å². The van der Waals surface area contributed by atoms with Crippen LogP contribution in [0, 0.1) is 5.41 Å². The van der Waals surface area contributed by atoms with Crippen LogP contribution in [0.3, 0.4) is 0 Å². The largest absolute Gasteiger partial charge is 0.496 e. The van der Waals surface area contributed by atoms with Crippen LogP contribution in [0.4, 0.5) is 0 Å². The van der Waals surface area contributed by atoms with Gasteiger partial charge in [0.05, 0.1) is 19.3 Å². The first kappa shape index (κ1) is 14.9. The molecule has 2 rings (SSSR count). The van der Waals surface area contributed by atoms with Crippen LogP contribution < -0.4 is 15.2 Å². The molecule has 0 aliphatic heterocycles. The Hall–Kier alpha value is -2.53. The molecule has 0 amide bonds. The minimum Gasteiger partial charge on any atom is -0.496 e. The van der Waals surface area contributed by atoms with Gasteiger partial charge in [-0.2, -0.15) is 0 Å². The molecule has 0 heterocycles. The summed E-state index contributed by atoms with van der Waals surface area (Å²) in [4.78, 5) is 0. The highest BCUT2D eigenvalue weighted by Crippen LogP contribution is 2.23. The minimum absolute atomic E-state index is 0.0371. The number of para-hydroxylation sites is 1. The van der Waals surface area contributed by atoms with E-state index in [9.17, 15) is 5.11 Å². The minimum atomic E-state index is -0.0667. The van der Waals surface area contributed by atoms with Crippen LogP contribution in [0.15, 0.2) is 42.5 Å². The van der Waals surface area contributed by atoms with Gasteiger partial charge in [-0.1, -0.05) is 24.3 Å². The molecule has 2 aromatic rings. The number of rotatable bonds is 6. The summed E-state index contributed by atoms with van der Waals surface area (Å²) in [6.45, 7) is 0.272. The molecule has 0 fully saturated rings. The van der Waals surface area contributed by atoms with E-state index in [1.165, 1.54) is 7.11 Å². The van der Waals surface area contributed by atoms with Gasteiger partial charge in [0.15, 0.2) is 0 Å². The Labute approximate surface area is 123 Å². The van der Waals surface area contributed by atoms with Crippen molar-refractivity contribution in [1.29, 1.82) is 5.41 Å². The monoisotopic (exact) mass is 286 g/mol. The van der Waals surface area contributed by atoms with Gasteiger partial charge in [0.1, 0.15) is 23.9 Å². The lowest BCUT2D eigenvalue weighted by atomic mass is 10.1. The highest BCUT2D eigenvalue weighted by atomic mass is 16.5. The van der Waals surface area contributed by atoms with Gasteiger partial charge in [-0.05, 0) is 23.8 Å². The van der Waals surface area contributed by atoms with Crippen LogP contribution in [-0.4, -0.2) is 18.1 Å². The van der Waals surface area contributed by atoms with Crippen LogP contribution in [0.2, 0.25) is 0 Å². The van der Waals surface area contributed by atoms with E-state index in [1.54, 1.807) is 12.1 Å². The first-order chi connectivity index (χ1) is 10.2. The molecule has 0 bridgehead atoms. The Morgan fingerprint density at radius 1 is 1.19 bits per heavy atom. The summed E-state index contributed by atoms with van der Waals surface area (Å²) in [5, 5.41) is 16.7. The predicted octanol–water partition coefficient (Wildman–Crippen LogP) is 2.05. The molecule has 0 radical (unpaired) electrons. The van der Waals surface area contributed by atoms with E-state index in [4.69, 9.17) is 20.6 Å². The number of hydrogen-bond donors (Lipinski definition) is 3. The Morgan fingerprint density at radius 2 is 1.95 bits per heavy atom. The van der Waals surface area contributed by atoms with Crippen LogP contribution in [0.1, 0.15) is 16.7 Å². The number of methoxy groups -OCH3 is 1. The Kier molecular flexibility index (Phi) is 4.79. The van der Waals surface area contributed by atoms with Crippen LogP contribution in [0.5, 0.6) is 11.5 Å². The fraction of sp³-hybridized carbons (Fsp3) is 0.188. The Bertz CT molecular complexity index is 641. The summed E-state index contributed by atoms with van der Waals surface area (Å²) < 4.78 is 10.9. The molecular weight excluding hydrogens is 268 g/mol. The van der Waals surface area contributed by atoms with Crippen molar-refractivity contribution in [3.8, 4) is 11.5 Å². The van der Waals surface area contributed by atoms with Crippen molar-refractivity contribution >= 4 is 5.84 Å². The van der Waals surface area contributed by atoms with Gasteiger partial charge in [-0.25, -0.2) is 0 Å². The third kappa shape index (κ3) is 3.52. The van der Waals surface area contributed by atoms with Gasteiger partial charge in [0.25, 0.3) is 0 Å². The molecule has 0 atom stereocenters. The second-order valence-electron chi connectivity index (χ2n) is 4.50. The lowest BCUT2D eigenvalue weighted by Crippen LogP contribution is -2.13. The highest BCUT2D eigenvalue weighted by Gasteiger charge is 2.08. The van der Waals surface area contributed by atoms with Crippen LogP contribution in [-0.2, 0) is 13.2 Å². The smallest absolute Gasteiger partial charge is 0.130 e. The van der Waals surface area contributed by atoms with Crippen molar-refractivity contribution in [3.05, 3.63) is 59.2 Å². The lowest BCUT2D eigenvalue weighted by molar-refractivity contribution is 0.259. The average molecular weight is 286 g/mol. The normalized spacial score (nSPS) is 10.2. The number of amidine groups is 1. The molecule has 5 heteroatoms. The molecule has 21 heavy (non-hydrogen) atoms. The summed E-state index contributed by atoms with van der Waals surface area (Å²) >= 11 is 0.